The maximum atomic E-state index is 13.4. The van der Waals surface area contributed by atoms with Crippen LogP contribution in [0.1, 0.15) is 32.1 Å². The molecule has 0 radical (unpaired) electrons. The van der Waals surface area contributed by atoms with Gasteiger partial charge in [0.1, 0.15) is 11.4 Å². The number of hydrogen-bond donors (Lipinski definition) is 1. The Kier molecular flexibility index (Phi) is 6.59. The summed E-state index contributed by atoms with van der Waals surface area (Å²) in [5.74, 6) is 0.355. The molecule has 1 N–H and O–H groups in total. The van der Waals surface area contributed by atoms with Gasteiger partial charge in [-0.25, -0.2) is 14.5 Å². The Labute approximate surface area is 206 Å². The summed E-state index contributed by atoms with van der Waals surface area (Å²) in [4.78, 5) is 33.8. The number of likely N-dealkylation sites (N-methyl/N-ethyl adjacent to an activating group) is 1. The third-order valence-corrected chi connectivity index (χ3v) is 6.73. The number of benzene rings is 2. The predicted molar refractivity (Wildman–Crippen MR) is 131 cm³/mol. The summed E-state index contributed by atoms with van der Waals surface area (Å²) in [5, 5.41) is 4.22. The highest BCUT2D eigenvalue weighted by molar-refractivity contribution is 6.36. The van der Waals surface area contributed by atoms with Crippen LogP contribution in [0.3, 0.4) is 0 Å². The minimum Gasteiger partial charge on any atom is -0.314 e. The van der Waals surface area contributed by atoms with E-state index in [9.17, 15) is 9.59 Å². The van der Waals surface area contributed by atoms with Crippen LogP contribution in [-0.4, -0.2) is 35.4 Å². The summed E-state index contributed by atoms with van der Waals surface area (Å²) >= 11 is 24.5. The Balaban J connectivity index is 1.78. The molecule has 1 heterocycles. The molecule has 32 heavy (non-hydrogen) atoms. The van der Waals surface area contributed by atoms with Gasteiger partial charge >= 0.3 is 12.1 Å². The van der Waals surface area contributed by atoms with Crippen LogP contribution in [0.4, 0.5) is 21.0 Å². The maximum Gasteiger partial charge on any atom is 0.347 e. The molecule has 0 aromatic heterocycles. The van der Waals surface area contributed by atoms with Crippen molar-refractivity contribution in [2.24, 2.45) is 4.99 Å². The second-order valence-electron chi connectivity index (χ2n) is 7.92. The van der Waals surface area contributed by atoms with Gasteiger partial charge in [0.15, 0.2) is 0 Å². The molecule has 4 rings (SSSR count). The molecular weight excluding hydrogens is 494 g/mol. The Morgan fingerprint density at radius 2 is 1.44 bits per heavy atom. The van der Waals surface area contributed by atoms with Gasteiger partial charge in [0.25, 0.3) is 0 Å². The summed E-state index contributed by atoms with van der Waals surface area (Å²) in [6.45, 7) is 0. The highest BCUT2D eigenvalue weighted by Gasteiger charge is 2.54. The van der Waals surface area contributed by atoms with E-state index >= 15 is 0 Å². The Bertz CT molecular complexity index is 1070. The Morgan fingerprint density at radius 1 is 0.906 bits per heavy atom. The van der Waals surface area contributed by atoms with E-state index in [1.807, 2.05) is 0 Å². The fourth-order valence-electron chi connectivity index (χ4n) is 4.41. The number of carbonyl (C=O) groups is 2. The molecule has 10 heteroatoms. The molecule has 4 amide bonds. The number of amidine groups is 1. The summed E-state index contributed by atoms with van der Waals surface area (Å²) in [5.41, 5.74) is 0.177. The van der Waals surface area contributed by atoms with Crippen LogP contribution in [0.25, 0.3) is 0 Å². The molecule has 2 aliphatic rings. The van der Waals surface area contributed by atoms with E-state index in [4.69, 9.17) is 46.4 Å². The second-order valence-corrected chi connectivity index (χ2v) is 9.67. The number of rotatable bonds is 2. The first kappa shape index (κ1) is 23.2. The van der Waals surface area contributed by atoms with Crippen LogP contribution in [0.15, 0.2) is 41.4 Å². The number of nitrogens with zero attached hydrogens (tertiary/aromatic N) is 3. The maximum absolute atomic E-state index is 13.4. The molecule has 0 atom stereocenters. The fourth-order valence-corrected chi connectivity index (χ4v) is 5.45. The lowest BCUT2D eigenvalue weighted by Gasteiger charge is -2.38. The smallest absolute Gasteiger partial charge is 0.314 e. The molecular formula is C22H20Cl4N4O2. The van der Waals surface area contributed by atoms with E-state index in [2.05, 4.69) is 10.3 Å². The van der Waals surface area contributed by atoms with Crippen LogP contribution in [0.2, 0.25) is 20.1 Å². The lowest BCUT2D eigenvalue weighted by atomic mass is 9.80. The third kappa shape index (κ3) is 4.42. The van der Waals surface area contributed by atoms with E-state index < -0.39 is 11.6 Å². The first-order chi connectivity index (χ1) is 15.2. The Morgan fingerprint density at radius 3 is 2.00 bits per heavy atom. The van der Waals surface area contributed by atoms with Crippen LogP contribution in [0.5, 0.6) is 0 Å². The van der Waals surface area contributed by atoms with E-state index in [-0.39, 0.29) is 6.03 Å². The van der Waals surface area contributed by atoms with Gasteiger partial charge in [0.05, 0.1) is 5.69 Å². The monoisotopic (exact) mass is 512 g/mol. The van der Waals surface area contributed by atoms with Gasteiger partial charge in [-0.05, 0) is 49.2 Å². The van der Waals surface area contributed by atoms with Gasteiger partial charge in [-0.15, -0.1) is 0 Å². The minimum absolute atomic E-state index is 0.289. The molecule has 168 valence electrons. The lowest BCUT2D eigenvalue weighted by molar-refractivity contribution is 0.168. The predicted octanol–water partition coefficient (Wildman–Crippen LogP) is 7.51. The first-order valence-electron chi connectivity index (χ1n) is 10.1. The van der Waals surface area contributed by atoms with Crippen molar-refractivity contribution in [3.63, 3.8) is 0 Å². The van der Waals surface area contributed by atoms with E-state index in [0.29, 0.717) is 50.1 Å². The highest BCUT2D eigenvalue weighted by atomic mass is 35.5. The molecule has 2 fully saturated rings. The number of carbonyl (C=O) groups excluding carboxylic acids is 2. The first-order valence-corrected chi connectivity index (χ1v) is 11.6. The average molecular weight is 514 g/mol. The van der Waals surface area contributed by atoms with Crippen LogP contribution in [-0.2, 0) is 0 Å². The zero-order valence-electron chi connectivity index (χ0n) is 17.2. The van der Waals surface area contributed by atoms with Gasteiger partial charge in [0.2, 0.25) is 0 Å². The van der Waals surface area contributed by atoms with Gasteiger partial charge in [-0.3, -0.25) is 0 Å². The summed E-state index contributed by atoms with van der Waals surface area (Å²) in [6, 6.07) is 8.63. The zero-order chi connectivity index (χ0) is 23.0. The van der Waals surface area contributed by atoms with Gasteiger partial charge in [0, 0.05) is 32.8 Å². The SMILES string of the molecule is CN1C(=O)N(c2cc(Cl)cc(Cl)c2)/C(=N/C(=O)Nc2cc(Cl)cc(Cl)c2)C12CCCCC2. The molecule has 0 bridgehead atoms. The number of halogens is 4. The summed E-state index contributed by atoms with van der Waals surface area (Å²) in [6.07, 6.45) is 4.32. The molecule has 1 aliphatic heterocycles. The molecule has 1 saturated heterocycles. The van der Waals surface area contributed by atoms with Crippen LogP contribution < -0.4 is 10.2 Å². The zero-order valence-corrected chi connectivity index (χ0v) is 20.2. The molecule has 6 nitrogen and oxygen atoms in total. The van der Waals surface area contributed by atoms with Crippen molar-refractivity contribution in [3.05, 3.63) is 56.5 Å². The fraction of sp³-hybridized carbons (Fsp3) is 0.318. The van der Waals surface area contributed by atoms with E-state index in [1.54, 1.807) is 48.3 Å². The standard InChI is InChI=1S/C22H20Cl4N4O2/c1-29-21(32)30(18-11-15(25)8-16(26)12-18)19(22(29)5-3-2-4-6-22)28-20(31)27-17-9-13(23)7-14(24)10-17/h7-12H,2-6H2,1H3,(H,27,31)/b28-19+. The number of nitrogens with one attached hydrogen (secondary N) is 1. The highest BCUT2D eigenvalue weighted by Crippen LogP contribution is 2.43. The number of hydrogen-bond acceptors (Lipinski definition) is 2. The van der Waals surface area contributed by atoms with Crippen molar-refractivity contribution in [2.75, 3.05) is 17.3 Å². The van der Waals surface area contributed by atoms with Crippen molar-refractivity contribution in [2.45, 2.75) is 37.6 Å². The number of anilines is 2. The Hall–Kier alpha value is -1.99. The third-order valence-electron chi connectivity index (χ3n) is 5.86. The van der Waals surface area contributed by atoms with Gasteiger partial charge in [-0.1, -0.05) is 65.7 Å². The van der Waals surface area contributed by atoms with Crippen molar-refractivity contribution < 1.29 is 9.59 Å². The summed E-state index contributed by atoms with van der Waals surface area (Å²) in [7, 11) is 1.74. The topological polar surface area (TPSA) is 65.0 Å². The second kappa shape index (κ2) is 9.10. The molecule has 0 unspecified atom stereocenters. The van der Waals surface area contributed by atoms with Crippen molar-refractivity contribution in [1.29, 1.82) is 0 Å². The van der Waals surface area contributed by atoms with Crippen LogP contribution in [0, 0.1) is 0 Å². The number of amides is 4. The van der Waals surface area contributed by atoms with Gasteiger partial charge in [-0.2, -0.15) is 4.99 Å². The largest absolute Gasteiger partial charge is 0.347 e. The van der Waals surface area contributed by atoms with E-state index in [1.165, 1.54) is 4.90 Å². The molecule has 1 saturated carbocycles. The summed E-state index contributed by atoms with van der Waals surface area (Å²) < 4.78 is 0. The van der Waals surface area contributed by atoms with Crippen molar-refractivity contribution in [3.8, 4) is 0 Å². The van der Waals surface area contributed by atoms with Crippen molar-refractivity contribution in [1.82, 2.24) is 4.90 Å². The lowest BCUT2D eigenvalue weighted by Crippen LogP contribution is -2.49. The van der Waals surface area contributed by atoms with Gasteiger partial charge < -0.3 is 10.2 Å². The molecule has 2 aromatic carbocycles. The average Bonchev–Trinajstić information content (AvgIpc) is 2.89. The minimum atomic E-state index is -0.687. The molecule has 1 spiro atoms. The molecule has 1 aliphatic carbocycles. The van der Waals surface area contributed by atoms with E-state index in [0.717, 1.165) is 19.3 Å². The number of aliphatic imine (C=N–C) groups is 1. The van der Waals surface area contributed by atoms with Crippen molar-refractivity contribution >= 4 is 75.7 Å². The molecule has 2 aromatic rings. The van der Waals surface area contributed by atoms with Crippen LogP contribution >= 0.6 is 46.4 Å². The quantitative estimate of drug-likeness (QED) is 0.451. The normalized spacial score (nSPS) is 19.2. The number of urea groups is 2.